The van der Waals surface area contributed by atoms with E-state index in [1.54, 1.807) is 0 Å². The Morgan fingerprint density at radius 3 is 2.43 bits per heavy atom. The number of pyridine rings is 2. The van der Waals surface area contributed by atoms with Crippen molar-refractivity contribution in [1.29, 1.82) is 0 Å². The number of hydrogen-bond acceptors (Lipinski definition) is 5. The van der Waals surface area contributed by atoms with Crippen molar-refractivity contribution in [3.05, 3.63) is 81.7 Å². The maximum absolute atomic E-state index is 6.39. The first-order valence-corrected chi connectivity index (χ1v) is 16.8. The van der Waals surface area contributed by atoms with Crippen molar-refractivity contribution < 1.29 is 0 Å². The van der Waals surface area contributed by atoms with Crippen LogP contribution < -0.4 is 10.6 Å². The maximum Gasteiger partial charge on any atom is 0.0741 e. The summed E-state index contributed by atoms with van der Waals surface area (Å²) in [4.78, 5) is 12.6. The molecule has 2 heterocycles. The van der Waals surface area contributed by atoms with Crippen molar-refractivity contribution >= 4 is 57.2 Å². The van der Waals surface area contributed by atoms with Crippen molar-refractivity contribution in [3.8, 4) is 0 Å². The molecule has 2 unspecified atom stereocenters. The molecule has 2 aromatic heterocycles. The third-order valence-electron chi connectivity index (χ3n) is 9.81. The number of benzene rings is 2. The highest BCUT2D eigenvalue weighted by molar-refractivity contribution is 6.31. The predicted octanol–water partition coefficient (Wildman–Crippen LogP) is 8.97. The van der Waals surface area contributed by atoms with Gasteiger partial charge in [-0.2, -0.15) is 0 Å². The summed E-state index contributed by atoms with van der Waals surface area (Å²) < 4.78 is 0. The third kappa shape index (κ3) is 6.42. The number of fused-ring (bicyclic) bond motifs is 7. The SMILES string of the molecule is CC1=CC2Cc3nc4cc(Cl)ccc4c(NCCCN(C)CCCNc4c5c(nc6ccccc46)CCCC5)c3C(C1)C2.Cl. The summed E-state index contributed by atoms with van der Waals surface area (Å²) in [5, 5.41) is 11.0. The largest absolute Gasteiger partial charge is 0.384 e. The molecule has 4 aromatic rings. The Morgan fingerprint density at radius 1 is 0.864 bits per heavy atom. The van der Waals surface area contributed by atoms with Gasteiger partial charge in [0.05, 0.1) is 11.0 Å². The number of rotatable bonds is 10. The highest BCUT2D eigenvalue weighted by Gasteiger charge is 2.33. The lowest BCUT2D eigenvalue weighted by Gasteiger charge is -2.36. The number of halogens is 2. The quantitative estimate of drug-likeness (QED) is 0.135. The van der Waals surface area contributed by atoms with Gasteiger partial charge in [0.15, 0.2) is 0 Å². The van der Waals surface area contributed by atoms with E-state index in [0.29, 0.717) is 11.8 Å². The van der Waals surface area contributed by atoms with E-state index in [-0.39, 0.29) is 12.4 Å². The summed E-state index contributed by atoms with van der Waals surface area (Å²) in [5.74, 6) is 1.18. The average molecular weight is 631 g/mol. The number of aryl methyl sites for hydroxylation is 1. The number of nitrogens with zero attached hydrogens (tertiary/aromatic N) is 3. The van der Waals surface area contributed by atoms with Crippen LogP contribution in [-0.4, -0.2) is 48.1 Å². The molecule has 232 valence electrons. The summed E-state index contributed by atoms with van der Waals surface area (Å²) in [6, 6.07) is 14.8. The highest BCUT2D eigenvalue weighted by Crippen LogP contribution is 2.47. The maximum atomic E-state index is 6.39. The van der Waals surface area contributed by atoms with Crippen LogP contribution >= 0.6 is 24.0 Å². The van der Waals surface area contributed by atoms with E-state index in [9.17, 15) is 0 Å². The topological polar surface area (TPSA) is 53.1 Å². The Bertz CT molecular complexity index is 1680. The number of anilines is 2. The van der Waals surface area contributed by atoms with Gasteiger partial charge in [0.25, 0.3) is 0 Å². The summed E-state index contributed by atoms with van der Waals surface area (Å²) in [5.41, 5.74) is 11.8. The molecular weight excluding hydrogens is 585 g/mol. The fourth-order valence-electron chi connectivity index (χ4n) is 7.89. The average Bonchev–Trinajstić information content (AvgIpc) is 3.00. The zero-order valence-electron chi connectivity index (χ0n) is 26.1. The van der Waals surface area contributed by atoms with Gasteiger partial charge >= 0.3 is 0 Å². The normalized spacial score (nSPS) is 18.9. The van der Waals surface area contributed by atoms with Gasteiger partial charge in [-0.15, -0.1) is 12.4 Å². The van der Waals surface area contributed by atoms with E-state index in [4.69, 9.17) is 21.6 Å². The number of hydrogen-bond donors (Lipinski definition) is 2. The van der Waals surface area contributed by atoms with Crippen LogP contribution in [0.3, 0.4) is 0 Å². The van der Waals surface area contributed by atoms with Crippen LogP contribution in [0.1, 0.15) is 73.9 Å². The Morgan fingerprint density at radius 2 is 1.59 bits per heavy atom. The van der Waals surface area contributed by atoms with Crippen LogP contribution in [-0.2, 0) is 19.3 Å². The molecule has 0 saturated heterocycles. The van der Waals surface area contributed by atoms with E-state index in [1.165, 1.54) is 69.5 Å². The van der Waals surface area contributed by atoms with Crippen LogP contribution in [0.4, 0.5) is 11.4 Å². The number of allylic oxidation sites excluding steroid dienone is 2. The highest BCUT2D eigenvalue weighted by atomic mass is 35.5. The summed E-state index contributed by atoms with van der Waals surface area (Å²) >= 11 is 6.39. The molecule has 0 spiro atoms. The fourth-order valence-corrected chi connectivity index (χ4v) is 8.05. The van der Waals surface area contributed by atoms with Crippen molar-refractivity contribution in [2.75, 3.05) is 43.9 Å². The Kier molecular flexibility index (Phi) is 9.65. The van der Waals surface area contributed by atoms with Gasteiger partial charge in [-0.3, -0.25) is 9.97 Å². The molecular formula is C37H45Cl2N5. The molecule has 0 radical (unpaired) electrons. The van der Waals surface area contributed by atoms with E-state index in [1.807, 2.05) is 12.1 Å². The fraction of sp³-hybridized carbons (Fsp3) is 0.459. The Hall–Kier alpha value is -2.86. The predicted molar refractivity (Wildman–Crippen MR) is 189 cm³/mol. The minimum atomic E-state index is 0. The van der Waals surface area contributed by atoms with Gasteiger partial charge in [0, 0.05) is 57.2 Å². The minimum absolute atomic E-state index is 0. The van der Waals surface area contributed by atoms with Crippen LogP contribution in [0.5, 0.6) is 0 Å². The van der Waals surface area contributed by atoms with Gasteiger partial charge in [-0.25, -0.2) is 0 Å². The first kappa shape index (κ1) is 31.1. The lowest BCUT2D eigenvalue weighted by molar-refractivity contribution is 0.331. The van der Waals surface area contributed by atoms with Crippen LogP contribution in [0.25, 0.3) is 21.8 Å². The summed E-state index contributed by atoms with van der Waals surface area (Å²) in [6.45, 7) is 6.39. The molecule has 0 fully saturated rings. The molecule has 2 atom stereocenters. The molecule has 5 nitrogen and oxygen atoms in total. The smallest absolute Gasteiger partial charge is 0.0741 e. The van der Waals surface area contributed by atoms with Gasteiger partial charge < -0.3 is 15.5 Å². The molecule has 3 aliphatic carbocycles. The number of para-hydroxylation sites is 1. The molecule has 7 rings (SSSR count). The second kappa shape index (κ2) is 13.6. The van der Waals surface area contributed by atoms with Gasteiger partial charge in [-0.05, 0) is 127 Å². The van der Waals surface area contributed by atoms with Crippen molar-refractivity contribution in [1.82, 2.24) is 14.9 Å². The number of aromatic nitrogens is 2. The van der Waals surface area contributed by atoms with Gasteiger partial charge in [0.1, 0.15) is 0 Å². The second-order valence-electron chi connectivity index (χ2n) is 13.1. The minimum Gasteiger partial charge on any atom is -0.384 e. The van der Waals surface area contributed by atoms with Crippen LogP contribution in [0, 0.1) is 5.92 Å². The van der Waals surface area contributed by atoms with Crippen LogP contribution in [0.2, 0.25) is 5.02 Å². The van der Waals surface area contributed by atoms with E-state index < -0.39 is 0 Å². The molecule has 0 aliphatic heterocycles. The molecule has 7 heteroatoms. The molecule has 2 aromatic carbocycles. The first-order valence-electron chi connectivity index (χ1n) is 16.4. The van der Waals surface area contributed by atoms with Gasteiger partial charge in [-0.1, -0.05) is 41.4 Å². The molecule has 2 N–H and O–H groups in total. The van der Waals surface area contributed by atoms with Crippen molar-refractivity contribution in [2.45, 2.75) is 70.6 Å². The Balaban J connectivity index is 0.00000343. The standard InChI is InChI=1S/C37H44ClN5.ClH/c1-24-19-25-21-26(20-24)35-34(22-25)42-33-23-27(38)13-14-30(33)37(35)40-16-8-18-43(2)17-7-15-39-36-28-9-3-5-11-31(28)41-32-12-6-4-10-29(32)36;/h3,5,9,11,13-14,19,23,25-26H,4,6-8,10,12,15-18,20-22H2,1-2H3,(H,39,41)(H,40,42);1H. The zero-order chi connectivity index (χ0) is 29.3. The number of nitrogens with one attached hydrogen (secondary N) is 2. The molecule has 3 aliphatic rings. The monoisotopic (exact) mass is 629 g/mol. The summed E-state index contributed by atoms with van der Waals surface area (Å²) in [6.07, 6.45) is 12.9. The Labute approximate surface area is 273 Å². The lowest BCUT2D eigenvalue weighted by Crippen LogP contribution is -2.26. The third-order valence-corrected chi connectivity index (χ3v) is 10.0. The lowest BCUT2D eigenvalue weighted by atomic mass is 9.71. The molecule has 44 heavy (non-hydrogen) atoms. The summed E-state index contributed by atoms with van der Waals surface area (Å²) in [7, 11) is 2.26. The zero-order valence-corrected chi connectivity index (χ0v) is 27.7. The van der Waals surface area contributed by atoms with E-state index >= 15 is 0 Å². The van der Waals surface area contributed by atoms with Crippen LogP contribution in [0.15, 0.2) is 54.1 Å². The van der Waals surface area contributed by atoms with E-state index in [0.717, 1.165) is 80.8 Å². The van der Waals surface area contributed by atoms with Gasteiger partial charge in [0.2, 0.25) is 0 Å². The molecule has 0 amide bonds. The second-order valence-corrected chi connectivity index (χ2v) is 13.6. The van der Waals surface area contributed by atoms with E-state index in [2.05, 4.69) is 65.9 Å². The first-order chi connectivity index (χ1) is 21.0. The molecule has 2 bridgehead atoms. The van der Waals surface area contributed by atoms with Crippen molar-refractivity contribution in [2.24, 2.45) is 5.92 Å². The molecule has 0 saturated carbocycles. The van der Waals surface area contributed by atoms with Crippen molar-refractivity contribution in [3.63, 3.8) is 0 Å².